The quantitative estimate of drug-likeness (QED) is 0.552. The molecule has 0 radical (unpaired) electrons. The van der Waals surface area contributed by atoms with E-state index < -0.39 is 12.1 Å². The van der Waals surface area contributed by atoms with Crippen molar-refractivity contribution in [3.8, 4) is 0 Å². The summed E-state index contributed by atoms with van der Waals surface area (Å²) in [6, 6.07) is 0. The van der Waals surface area contributed by atoms with Crippen molar-refractivity contribution in [2.24, 2.45) is 5.41 Å². The maximum Gasteiger partial charge on any atom is 0.490 e. The molecule has 0 amide bonds. The smallest absolute Gasteiger partial charge is 0.475 e. The van der Waals surface area contributed by atoms with Crippen LogP contribution in [-0.4, -0.2) is 43.4 Å². The van der Waals surface area contributed by atoms with E-state index in [0.717, 1.165) is 0 Å². The van der Waals surface area contributed by atoms with Gasteiger partial charge in [-0.15, -0.1) is 0 Å². The van der Waals surface area contributed by atoms with Gasteiger partial charge in [0.2, 0.25) is 0 Å². The number of aliphatic carboxylic acids is 1. The van der Waals surface area contributed by atoms with E-state index in [-0.39, 0.29) is 0 Å². The predicted molar refractivity (Wildman–Crippen MR) is 46.5 cm³/mol. The molecule has 0 aromatic carbocycles. The van der Waals surface area contributed by atoms with Crippen LogP contribution in [0.1, 0.15) is 6.42 Å². The third-order valence-corrected chi connectivity index (χ3v) is 2.57. The Morgan fingerprint density at radius 2 is 1.67 bits per heavy atom. The van der Waals surface area contributed by atoms with Crippen LogP contribution in [-0.2, 0) is 4.79 Å². The third kappa shape index (κ3) is 3.35. The second-order valence-corrected chi connectivity index (χ2v) is 3.83. The fraction of sp³-hybridized carbons (Fsp3) is 0.875. The van der Waals surface area contributed by atoms with Gasteiger partial charge in [0.1, 0.15) is 0 Å². The first kappa shape index (κ1) is 12.3. The van der Waals surface area contributed by atoms with Crippen molar-refractivity contribution >= 4 is 5.97 Å². The van der Waals surface area contributed by atoms with Crippen molar-refractivity contribution in [1.29, 1.82) is 0 Å². The van der Waals surface area contributed by atoms with Gasteiger partial charge >= 0.3 is 12.1 Å². The maximum atomic E-state index is 10.6. The Balaban J connectivity index is 0.000000153. The van der Waals surface area contributed by atoms with Gasteiger partial charge in [-0.2, -0.15) is 13.2 Å². The van der Waals surface area contributed by atoms with Crippen molar-refractivity contribution in [3.63, 3.8) is 0 Å². The van der Waals surface area contributed by atoms with E-state index in [9.17, 15) is 13.2 Å². The second kappa shape index (κ2) is 4.36. The molecular weight excluding hydrogens is 213 g/mol. The van der Waals surface area contributed by atoms with Gasteiger partial charge in [-0.25, -0.2) is 4.79 Å². The molecule has 0 bridgehead atoms. The lowest BCUT2D eigenvalue weighted by atomic mass is 9.81. The predicted octanol–water partition coefficient (Wildman–Crippen LogP) is 0.203. The van der Waals surface area contributed by atoms with Crippen molar-refractivity contribution in [3.05, 3.63) is 0 Å². The molecule has 2 aliphatic rings. The molecule has 2 fully saturated rings. The standard InChI is InChI=1S/C6H12N2.C2HF3O2/c1-2-7-3-6(1)4-8-5-6;3-2(4,5)1(6)7/h7-8H,1-5H2;(H,6,7). The van der Waals surface area contributed by atoms with Crippen LogP contribution in [0, 0.1) is 5.41 Å². The summed E-state index contributed by atoms with van der Waals surface area (Å²) in [5, 5.41) is 13.8. The summed E-state index contributed by atoms with van der Waals surface area (Å²) in [6.07, 6.45) is -3.69. The highest BCUT2D eigenvalue weighted by atomic mass is 19.4. The molecule has 88 valence electrons. The van der Waals surface area contributed by atoms with Crippen LogP contribution >= 0.6 is 0 Å². The molecule has 0 unspecified atom stereocenters. The summed E-state index contributed by atoms with van der Waals surface area (Å²) in [5.41, 5.74) is 0.694. The molecule has 3 N–H and O–H groups in total. The largest absolute Gasteiger partial charge is 0.490 e. The van der Waals surface area contributed by atoms with Gasteiger partial charge < -0.3 is 15.7 Å². The molecule has 0 saturated carbocycles. The van der Waals surface area contributed by atoms with Crippen LogP contribution in [0.5, 0.6) is 0 Å². The fourth-order valence-corrected chi connectivity index (χ4v) is 1.58. The number of carbonyl (C=O) groups is 1. The summed E-state index contributed by atoms with van der Waals surface area (Å²) >= 11 is 0. The van der Waals surface area contributed by atoms with Crippen molar-refractivity contribution in [2.75, 3.05) is 26.2 Å². The monoisotopic (exact) mass is 226 g/mol. The zero-order chi connectivity index (χ0) is 11.5. The van der Waals surface area contributed by atoms with Gasteiger partial charge in [0.05, 0.1) is 0 Å². The Morgan fingerprint density at radius 1 is 1.20 bits per heavy atom. The average molecular weight is 226 g/mol. The maximum absolute atomic E-state index is 10.6. The van der Waals surface area contributed by atoms with Crippen molar-refractivity contribution < 1.29 is 23.1 Å². The number of rotatable bonds is 0. The summed E-state index contributed by atoms with van der Waals surface area (Å²) in [7, 11) is 0. The number of halogens is 3. The lowest BCUT2D eigenvalue weighted by Crippen LogP contribution is -2.54. The van der Waals surface area contributed by atoms with E-state index in [1.165, 1.54) is 32.6 Å². The van der Waals surface area contributed by atoms with Gasteiger partial charge in [-0.1, -0.05) is 0 Å². The highest BCUT2D eigenvalue weighted by molar-refractivity contribution is 5.73. The highest BCUT2D eigenvalue weighted by Gasteiger charge is 2.39. The summed E-state index contributed by atoms with van der Waals surface area (Å²) in [4.78, 5) is 8.90. The molecule has 2 rings (SSSR count). The molecule has 0 aliphatic carbocycles. The average Bonchev–Trinajstić information content (AvgIpc) is 2.49. The Morgan fingerprint density at radius 3 is 1.80 bits per heavy atom. The van der Waals surface area contributed by atoms with E-state index in [1.807, 2.05) is 0 Å². The Bertz CT molecular complexity index is 231. The van der Waals surface area contributed by atoms with Gasteiger partial charge in [-0.3, -0.25) is 0 Å². The van der Waals surface area contributed by atoms with E-state index in [1.54, 1.807) is 0 Å². The minimum Gasteiger partial charge on any atom is -0.475 e. The van der Waals surface area contributed by atoms with Crippen LogP contribution < -0.4 is 10.6 Å². The normalized spacial score (nSPS) is 22.9. The van der Waals surface area contributed by atoms with Gasteiger partial charge in [0.25, 0.3) is 0 Å². The number of carboxylic acid groups (broad SMARTS) is 1. The molecule has 15 heavy (non-hydrogen) atoms. The van der Waals surface area contributed by atoms with Crippen LogP contribution in [0.15, 0.2) is 0 Å². The van der Waals surface area contributed by atoms with Crippen LogP contribution in [0.2, 0.25) is 0 Å². The summed E-state index contributed by atoms with van der Waals surface area (Å²) in [6.45, 7) is 4.99. The summed E-state index contributed by atoms with van der Waals surface area (Å²) in [5.74, 6) is -2.76. The van der Waals surface area contributed by atoms with Gasteiger partial charge in [0, 0.05) is 25.0 Å². The first-order valence-corrected chi connectivity index (χ1v) is 4.57. The zero-order valence-electron chi connectivity index (χ0n) is 8.02. The van der Waals surface area contributed by atoms with Crippen LogP contribution in [0.25, 0.3) is 0 Å². The Hall–Kier alpha value is -0.820. The number of hydrogen-bond acceptors (Lipinski definition) is 3. The van der Waals surface area contributed by atoms with E-state index in [0.29, 0.717) is 5.41 Å². The van der Waals surface area contributed by atoms with Crippen LogP contribution in [0.4, 0.5) is 13.2 Å². The van der Waals surface area contributed by atoms with Crippen molar-refractivity contribution in [2.45, 2.75) is 12.6 Å². The fourth-order valence-electron chi connectivity index (χ4n) is 1.58. The molecule has 4 nitrogen and oxygen atoms in total. The Kier molecular flexibility index (Phi) is 3.56. The van der Waals surface area contributed by atoms with Crippen LogP contribution in [0.3, 0.4) is 0 Å². The molecule has 7 heteroatoms. The minimum absolute atomic E-state index is 0.694. The first-order chi connectivity index (χ1) is 6.86. The zero-order valence-corrected chi connectivity index (χ0v) is 8.02. The third-order valence-electron chi connectivity index (χ3n) is 2.57. The lowest BCUT2D eigenvalue weighted by molar-refractivity contribution is -0.192. The lowest BCUT2D eigenvalue weighted by Gasteiger charge is -2.38. The second-order valence-electron chi connectivity index (χ2n) is 3.83. The number of carboxylic acids is 1. The van der Waals surface area contributed by atoms with E-state index in [2.05, 4.69) is 10.6 Å². The molecular formula is C8H13F3N2O2. The number of alkyl halides is 3. The van der Waals surface area contributed by atoms with Crippen molar-refractivity contribution in [1.82, 2.24) is 10.6 Å². The number of hydrogen-bond donors (Lipinski definition) is 3. The molecule has 1 spiro atoms. The molecule has 2 saturated heterocycles. The molecule has 0 atom stereocenters. The van der Waals surface area contributed by atoms with E-state index in [4.69, 9.17) is 9.90 Å². The first-order valence-electron chi connectivity index (χ1n) is 4.57. The molecule has 0 aromatic heterocycles. The highest BCUT2D eigenvalue weighted by Crippen LogP contribution is 2.28. The molecule has 0 aromatic rings. The molecule has 2 heterocycles. The van der Waals surface area contributed by atoms with Gasteiger partial charge in [0.15, 0.2) is 0 Å². The number of nitrogens with one attached hydrogen (secondary N) is 2. The Labute approximate surface area is 84.8 Å². The van der Waals surface area contributed by atoms with Gasteiger partial charge in [-0.05, 0) is 13.0 Å². The topological polar surface area (TPSA) is 61.4 Å². The summed E-state index contributed by atoms with van der Waals surface area (Å²) < 4.78 is 31.7. The minimum atomic E-state index is -5.08. The molecule has 2 aliphatic heterocycles. The SMILES string of the molecule is C1CC2(CN1)CNC2.O=C(O)C(F)(F)F. The van der Waals surface area contributed by atoms with E-state index >= 15 is 0 Å².